The molecule has 3 aromatic rings. The molecule has 6 nitrogen and oxygen atoms in total. The summed E-state index contributed by atoms with van der Waals surface area (Å²) >= 11 is 0. The average molecular weight is 520 g/mol. The van der Waals surface area contributed by atoms with Gasteiger partial charge in [-0.05, 0) is 54.1 Å². The lowest BCUT2D eigenvalue weighted by Crippen LogP contribution is -2.42. The molecule has 206 valence electrons. The molecule has 1 unspecified atom stereocenters. The van der Waals surface area contributed by atoms with E-state index in [1.807, 2.05) is 18.4 Å². The van der Waals surface area contributed by atoms with Gasteiger partial charge in [0.05, 0.1) is 11.3 Å². The van der Waals surface area contributed by atoms with Crippen LogP contribution in [-0.2, 0) is 22.0 Å². The van der Waals surface area contributed by atoms with Crippen molar-refractivity contribution in [3.63, 3.8) is 0 Å². The number of phenolic OH excluding ortho intramolecular Hbond substituents is 2. The van der Waals surface area contributed by atoms with Gasteiger partial charge >= 0.3 is 0 Å². The molecule has 1 aromatic carbocycles. The van der Waals surface area contributed by atoms with Gasteiger partial charge in [0.25, 0.3) is 0 Å². The van der Waals surface area contributed by atoms with Crippen molar-refractivity contribution in [1.29, 1.82) is 0 Å². The maximum absolute atomic E-state index is 12.1. The van der Waals surface area contributed by atoms with E-state index >= 15 is 0 Å². The predicted molar refractivity (Wildman–Crippen MR) is 153 cm³/mol. The lowest BCUT2D eigenvalue weighted by molar-refractivity contribution is 0.0245. The summed E-state index contributed by atoms with van der Waals surface area (Å²) in [7, 11) is 0. The first-order chi connectivity index (χ1) is 17.2. The van der Waals surface area contributed by atoms with Gasteiger partial charge in [0.15, 0.2) is 5.72 Å². The summed E-state index contributed by atoms with van der Waals surface area (Å²) in [6.45, 7) is 27.9. The Morgan fingerprint density at radius 3 is 2.00 bits per heavy atom. The highest BCUT2D eigenvalue weighted by atomic mass is 16.5. The van der Waals surface area contributed by atoms with Gasteiger partial charge in [-0.1, -0.05) is 76.2 Å². The minimum atomic E-state index is -0.890. The third-order valence-corrected chi connectivity index (χ3v) is 10.5. The van der Waals surface area contributed by atoms with E-state index in [0.29, 0.717) is 22.7 Å². The van der Waals surface area contributed by atoms with Crippen LogP contribution >= 0.6 is 0 Å². The fourth-order valence-electron chi connectivity index (χ4n) is 6.71. The summed E-state index contributed by atoms with van der Waals surface area (Å²) in [5.74, 6) is 1.82. The summed E-state index contributed by atoms with van der Waals surface area (Å²) in [5, 5.41) is 23.9. The number of hydrogen-bond acceptors (Lipinski definition) is 5. The molecule has 6 heteroatoms. The van der Waals surface area contributed by atoms with Crippen molar-refractivity contribution >= 4 is 11.0 Å². The molecule has 0 radical (unpaired) electrons. The fourth-order valence-corrected chi connectivity index (χ4v) is 6.71. The number of benzene rings is 1. The maximum Gasteiger partial charge on any atom is 0.227 e. The van der Waals surface area contributed by atoms with Gasteiger partial charge in [0.2, 0.25) is 5.88 Å². The number of ether oxygens (including phenoxy) is 1. The molecule has 0 saturated heterocycles. The summed E-state index contributed by atoms with van der Waals surface area (Å²) in [5.41, 5.74) is 3.42. The number of rotatable bonds is 2. The molecule has 0 bridgehead atoms. The van der Waals surface area contributed by atoms with Crippen molar-refractivity contribution < 1.29 is 14.9 Å². The Labute approximate surface area is 227 Å². The Bertz CT molecular complexity index is 1500. The molecule has 0 amide bonds. The van der Waals surface area contributed by atoms with Crippen molar-refractivity contribution in [2.24, 2.45) is 5.41 Å². The molecular formula is C32H45N3O3. The van der Waals surface area contributed by atoms with Crippen molar-refractivity contribution in [3.8, 4) is 28.8 Å². The highest BCUT2D eigenvalue weighted by Crippen LogP contribution is 2.67. The minimum Gasteiger partial charge on any atom is -0.505 e. The standard InChI is InChI=1S/C32H45N3O3/c1-14-16(2)17-15-18(28(3,4)5)33-27-19(17)26-34-22-23(35(26)32(12,13)38-27)25(37)21-20(24(22)36)29(6,7)31(10,11)30(21,8)9/h15-16,36-37H,14H2,1-13H3. The molecule has 1 aliphatic heterocycles. The SMILES string of the molecule is CCC(C)c1cc(C(C)(C)C)nc2c1-c1nc3c(O)c4c(c(O)c3n1C(C)(C)O2)C(C)(C)C(C)(C)C4(C)C. The molecule has 2 aliphatic rings. The number of pyridine rings is 1. The minimum absolute atomic E-state index is 0.149. The van der Waals surface area contributed by atoms with Gasteiger partial charge < -0.3 is 14.9 Å². The van der Waals surface area contributed by atoms with Crippen LogP contribution in [0.2, 0.25) is 0 Å². The van der Waals surface area contributed by atoms with Crippen molar-refractivity contribution in [1.82, 2.24) is 14.5 Å². The number of imidazole rings is 1. The molecule has 0 saturated carbocycles. The highest BCUT2D eigenvalue weighted by molar-refractivity contribution is 5.96. The number of aromatic nitrogens is 3. The monoisotopic (exact) mass is 519 g/mol. The number of hydrogen-bond donors (Lipinski definition) is 2. The normalized spacial score (nSPS) is 21.0. The first-order valence-electron chi connectivity index (χ1n) is 14.0. The Morgan fingerprint density at radius 2 is 1.47 bits per heavy atom. The lowest BCUT2D eigenvalue weighted by Gasteiger charge is -2.44. The smallest absolute Gasteiger partial charge is 0.227 e. The van der Waals surface area contributed by atoms with Crippen molar-refractivity contribution in [2.45, 2.75) is 124 Å². The molecule has 0 fully saturated rings. The summed E-state index contributed by atoms with van der Waals surface area (Å²) < 4.78 is 8.62. The van der Waals surface area contributed by atoms with Crippen LogP contribution in [0.5, 0.6) is 17.4 Å². The van der Waals surface area contributed by atoms with Crippen LogP contribution in [0.3, 0.4) is 0 Å². The molecule has 38 heavy (non-hydrogen) atoms. The average Bonchev–Trinajstić information content (AvgIpc) is 3.25. The quantitative estimate of drug-likeness (QED) is 0.335. The van der Waals surface area contributed by atoms with E-state index in [-0.39, 0.29) is 33.7 Å². The fraction of sp³-hybridized carbons (Fsp3) is 0.625. The summed E-state index contributed by atoms with van der Waals surface area (Å²) in [6, 6.07) is 2.19. The van der Waals surface area contributed by atoms with E-state index in [2.05, 4.69) is 82.2 Å². The van der Waals surface area contributed by atoms with E-state index in [1.165, 1.54) is 0 Å². The number of fused-ring (bicyclic) bond motifs is 6. The van der Waals surface area contributed by atoms with Crippen molar-refractivity contribution in [3.05, 3.63) is 28.5 Å². The Hall–Kier alpha value is -2.76. The molecule has 1 aliphatic carbocycles. The Balaban J connectivity index is 1.96. The van der Waals surface area contributed by atoms with E-state index < -0.39 is 11.1 Å². The van der Waals surface area contributed by atoms with Crippen LogP contribution < -0.4 is 4.74 Å². The van der Waals surface area contributed by atoms with Crippen LogP contribution in [0.15, 0.2) is 6.07 Å². The molecule has 3 heterocycles. The van der Waals surface area contributed by atoms with Crippen LogP contribution in [0.25, 0.3) is 22.4 Å². The Morgan fingerprint density at radius 1 is 0.921 bits per heavy atom. The molecule has 0 spiro atoms. The predicted octanol–water partition coefficient (Wildman–Crippen LogP) is 8.00. The molecule has 2 aromatic heterocycles. The number of aromatic hydroxyl groups is 2. The van der Waals surface area contributed by atoms with E-state index in [4.69, 9.17) is 14.7 Å². The topological polar surface area (TPSA) is 80.4 Å². The van der Waals surface area contributed by atoms with E-state index in [0.717, 1.165) is 34.4 Å². The van der Waals surface area contributed by atoms with Crippen LogP contribution in [-0.4, -0.2) is 24.7 Å². The molecule has 2 N–H and O–H groups in total. The number of nitrogens with zero attached hydrogens (tertiary/aromatic N) is 3. The zero-order valence-corrected chi connectivity index (χ0v) is 25.5. The highest BCUT2D eigenvalue weighted by Gasteiger charge is 2.60. The first kappa shape index (κ1) is 26.8. The van der Waals surface area contributed by atoms with E-state index in [9.17, 15) is 10.2 Å². The lowest BCUT2D eigenvalue weighted by atomic mass is 9.59. The molecule has 5 rings (SSSR count). The molecular weight excluding hydrogens is 474 g/mol. The van der Waals surface area contributed by atoms with Crippen molar-refractivity contribution in [2.75, 3.05) is 0 Å². The Kier molecular flexibility index (Phi) is 5.26. The second kappa shape index (κ2) is 7.45. The number of phenols is 2. The maximum atomic E-state index is 12.1. The van der Waals surface area contributed by atoms with E-state index in [1.54, 1.807) is 0 Å². The second-order valence-corrected chi connectivity index (χ2v) is 14.7. The van der Waals surface area contributed by atoms with Gasteiger partial charge in [-0.2, -0.15) is 0 Å². The largest absolute Gasteiger partial charge is 0.505 e. The summed E-state index contributed by atoms with van der Waals surface area (Å²) in [4.78, 5) is 10.1. The van der Waals surface area contributed by atoms with Gasteiger partial charge in [-0.15, -0.1) is 0 Å². The summed E-state index contributed by atoms with van der Waals surface area (Å²) in [6.07, 6.45) is 0.950. The second-order valence-electron chi connectivity index (χ2n) is 14.7. The van der Waals surface area contributed by atoms with Crippen LogP contribution in [0, 0.1) is 5.41 Å². The molecule has 1 atom stereocenters. The van der Waals surface area contributed by atoms with Gasteiger partial charge in [-0.3, -0.25) is 4.57 Å². The zero-order valence-electron chi connectivity index (χ0n) is 25.5. The zero-order chi connectivity index (χ0) is 28.5. The van der Waals surface area contributed by atoms with Crippen LogP contribution in [0.4, 0.5) is 0 Å². The van der Waals surface area contributed by atoms with Gasteiger partial charge in [0.1, 0.15) is 28.4 Å². The third-order valence-electron chi connectivity index (χ3n) is 10.5. The van der Waals surface area contributed by atoms with Crippen LogP contribution in [0.1, 0.15) is 125 Å². The van der Waals surface area contributed by atoms with Gasteiger partial charge in [-0.25, -0.2) is 9.97 Å². The first-order valence-corrected chi connectivity index (χ1v) is 14.0. The third kappa shape index (κ3) is 3.06. The van der Waals surface area contributed by atoms with Gasteiger partial charge in [0, 0.05) is 16.5 Å².